The molecule has 0 spiro atoms. The number of aryl methyl sites for hydroxylation is 1. The normalized spacial score (nSPS) is 13.4. The fourth-order valence-corrected chi connectivity index (χ4v) is 1.83. The van der Waals surface area contributed by atoms with Crippen LogP contribution in [-0.4, -0.2) is 30.0 Å². The second kappa shape index (κ2) is 5.48. The van der Waals surface area contributed by atoms with Gasteiger partial charge in [0.15, 0.2) is 11.5 Å². The van der Waals surface area contributed by atoms with E-state index in [2.05, 4.69) is 5.32 Å². The van der Waals surface area contributed by atoms with E-state index in [1.165, 1.54) is 0 Å². The quantitative estimate of drug-likeness (QED) is 0.840. The van der Waals surface area contributed by atoms with Crippen molar-refractivity contribution in [1.29, 1.82) is 0 Å². The standard InChI is InChI=1S/C14H19NO4/c1-14(2,8-16)15-13(17)6-4-10-3-5-11-12(7-10)19-9-18-11/h3,5,7,16H,4,6,8-9H2,1-2H3,(H,15,17). The summed E-state index contributed by atoms with van der Waals surface area (Å²) in [5.41, 5.74) is 0.451. The zero-order valence-corrected chi connectivity index (χ0v) is 11.2. The summed E-state index contributed by atoms with van der Waals surface area (Å²) in [6.07, 6.45) is 1.01. The van der Waals surface area contributed by atoms with Gasteiger partial charge < -0.3 is 19.9 Å². The molecule has 0 radical (unpaired) electrons. The van der Waals surface area contributed by atoms with Crippen LogP contribution < -0.4 is 14.8 Å². The predicted octanol–water partition coefficient (Wildman–Crippen LogP) is 1.23. The molecule has 19 heavy (non-hydrogen) atoms. The minimum absolute atomic E-state index is 0.0725. The molecule has 0 bridgehead atoms. The van der Waals surface area contributed by atoms with E-state index in [9.17, 15) is 4.79 Å². The van der Waals surface area contributed by atoms with Gasteiger partial charge in [-0.2, -0.15) is 0 Å². The summed E-state index contributed by atoms with van der Waals surface area (Å²) in [4.78, 5) is 11.7. The van der Waals surface area contributed by atoms with E-state index in [0.717, 1.165) is 17.1 Å². The highest BCUT2D eigenvalue weighted by Crippen LogP contribution is 2.32. The molecule has 0 aliphatic carbocycles. The van der Waals surface area contributed by atoms with Crippen LogP contribution in [0.2, 0.25) is 0 Å². The molecule has 5 heteroatoms. The number of amides is 1. The van der Waals surface area contributed by atoms with Crippen LogP contribution >= 0.6 is 0 Å². The third-order valence-corrected chi connectivity index (χ3v) is 2.95. The van der Waals surface area contributed by atoms with Crippen molar-refractivity contribution in [3.63, 3.8) is 0 Å². The molecule has 0 unspecified atom stereocenters. The lowest BCUT2D eigenvalue weighted by molar-refractivity contribution is -0.123. The van der Waals surface area contributed by atoms with Crippen LogP contribution in [0.1, 0.15) is 25.8 Å². The Morgan fingerprint density at radius 2 is 2.11 bits per heavy atom. The molecule has 0 atom stereocenters. The third-order valence-electron chi connectivity index (χ3n) is 2.95. The fourth-order valence-electron chi connectivity index (χ4n) is 1.83. The van der Waals surface area contributed by atoms with Crippen molar-refractivity contribution in [1.82, 2.24) is 5.32 Å². The molecule has 1 aromatic carbocycles. The summed E-state index contributed by atoms with van der Waals surface area (Å²) >= 11 is 0. The van der Waals surface area contributed by atoms with E-state index in [-0.39, 0.29) is 19.3 Å². The van der Waals surface area contributed by atoms with Crippen molar-refractivity contribution in [3.05, 3.63) is 23.8 Å². The summed E-state index contributed by atoms with van der Waals surface area (Å²) in [5, 5.41) is 11.9. The number of aliphatic hydroxyl groups is 1. The van der Waals surface area contributed by atoms with Gasteiger partial charge in [0.05, 0.1) is 12.1 Å². The lowest BCUT2D eigenvalue weighted by Gasteiger charge is -2.23. The first-order valence-electron chi connectivity index (χ1n) is 6.30. The fraction of sp³-hybridized carbons (Fsp3) is 0.500. The number of nitrogens with one attached hydrogen (secondary N) is 1. The minimum Gasteiger partial charge on any atom is -0.454 e. The van der Waals surface area contributed by atoms with Crippen molar-refractivity contribution in [3.8, 4) is 11.5 Å². The molecular formula is C14H19NO4. The SMILES string of the molecule is CC(C)(CO)NC(=O)CCc1ccc2c(c1)OCO2. The molecular weight excluding hydrogens is 246 g/mol. The number of hydrogen-bond donors (Lipinski definition) is 2. The first kappa shape index (κ1) is 13.7. The molecule has 1 amide bonds. The van der Waals surface area contributed by atoms with E-state index in [1.54, 1.807) is 13.8 Å². The van der Waals surface area contributed by atoms with Crippen LogP contribution in [0.3, 0.4) is 0 Å². The maximum atomic E-state index is 11.7. The van der Waals surface area contributed by atoms with Crippen LogP contribution in [-0.2, 0) is 11.2 Å². The van der Waals surface area contributed by atoms with Gasteiger partial charge in [0.2, 0.25) is 12.7 Å². The Morgan fingerprint density at radius 3 is 2.84 bits per heavy atom. The largest absolute Gasteiger partial charge is 0.454 e. The lowest BCUT2D eigenvalue weighted by Crippen LogP contribution is -2.46. The highest BCUT2D eigenvalue weighted by Gasteiger charge is 2.19. The molecule has 1 aliphatic heterocycles. The molecule has 1 aliphatic rings. The average molecular weight is 265 g/mol. The second-order valence-electron chi connectivity index (χ2n) is 5.28. The monoisotopic (exact) mass is 265 g/mol. The van der Waals surface area contributed by atoms with Crippen molar-refractivity contribution >= 4 is 5.91 Å². The summed E-state index contributed by atoms with van der Waals surface area (Å²) in [6.45, 7) is 3.74. The van der Waals surface area contributed by atoms with Crippen LogP contribution in [0.25, 0.3) is 0 Å². The third kappa shape index (κ3) is 3.61. The molecule has 2 N–H and O–H groups in total. The number of rotatable bonds is 5. The molecule has 0 saturated carbocycles. The van der Waals surface area contributed by atoms with E-state index >= 15 is 0 Å². The Morgan fingerprint density at radius 1 is 1.37 bits per heavy atom. The number of ether oxygens (including phenoxy) is 2. The van der Waals surface area contributed by atoms with Gasteiger partial charge >= 0.3 is 0 Å². The Balaban J connectivity index is 1.87. The number of carbonyl (C=O) groups is 1. The first-order valence-corrected chi connectivity index (χ1v) is 6.30. The summed E-state index contributed by atoms with van der Waals surface area (Å²) in [5.74, 6) is 1.40. The molecule has 2 rings (SSSR count). The maximum Gasteiger partial charge on any atom is 0.231 e. The van der Waals surface area contributed by atoms with Crippen LogP contribution in [0.5, 0.6) is 11.5 Å². The molecule has 1 heterocycles. The van der Waals surface area contributed by atoms with Crippen molar-refractivity contribution in [2.24, 2.45) is 0 Å². The van der Waals surface area contributed by atoms with Crippen molar-refractivity contribution in [2.75, 3.05) is 13.4 Å². The first-order chi connectivity index (χ1) is 9.00. The Bertz CT molecular complexity index is 471. The van der Waals surface area contributed by atoms with Gasteiger partial charge in [0, 0.05) is 6.42 Å². The smallest absolute Gasteiger partial charge is 0.231 e. The molecule has 0 fully saturated rings. The van der Waals surface area contributed by atoms with Gasteiger partial charge in [0.25, 0.3) is 0 Å². The van der Waals surface area contributed by atoms with Crippen LogP contribution in [0.15, 0.2) is 18.2 Å². The van der Waals surface area contributed by atoms with Gasteiger partial charge in [-0.05, 0) is 38.0 Å². The number of aliphatic hydroxyl groups excluding tert-OH is 1. The van der Waals surface area contributed by atoms with Crippen LogP contribution in [0, 0.1) is 0 Å². The minimum atomic E-state index is -0.577. The highest BCUT2D eigenvalue weighted by atomic mass is 16.7. The average Bonchev–Trinajstić information content (AvgIpc) is 2.83. The number of fused-ring (bicyclic) bond motifs is 1. The van der Waals surface area contributed by atoms with Gasteiger partial charge in [-0.15, -0.1) is 0 Å². The van der Waals surface area contributed by atoms with E-state index in [4.69, 9.17) is 14.6 Å². The Labute approximate surface area is 112 Å². The zero-order valence-electron chi connectivity index (χ0n) is 11.2. The highest BCUT2D eigenvalue weighted by molar-refractivity contribution is 5.77. The molecule has 104 valence electrons. The zero-order chi connectivity index (χ0) is 13.9. The Kier molecular flexibility index (Phi) is 3.95. The number of carbonyl (C=O) groups excluding carboxylic acids is 1. The van der Waals surface area contributed by atoms with E-state index < -0.39 is 5.54 Å². The molecule has 1 aromatic rings. The Hall–Kier alpha value is -1.75. The maximum absolute atomic E-state index is 11.7. The van der Waals surface area contributed by atoms with Gasteiger partial charge in [-0.1, -0.05) is 6.07 Å². The van der Waals surface area contributed by atoms with E-state index in [0.29, 0.717) is 12.8 Å². The molecule has 0 saturated heterocycles. The number of hydrogen-bond acceptors (Lipinski definition) is 4. The summed E-state index contributed by atoms with van der Waals surface area (Å²) in [6, 6.07) is 5.68. The van der Waals surface area contributed by atoms with Crippen LogP contribution in [0.4, 0.5) is 0 Å². The van der Waals surface area contributed by atoms with Crippen molar-refractivity contribution < 1.29 is 19.4 Å². The van der Waals surface area contributed by atoms with Gasteiger partial charge in [-0.25, -0.2) is 0 Å². The summed E-state index contributed by atoms with van der Waals surface area (Å²) < 4.78 is 10.5. The second-order valence-corrected chi connectivity index (χ2v) is 5.28. The predicted molar refractivity (Wildman–Crippen MR) is 70.2 cm³/mol. The van der Waals surface area contributed by atoms with Gasteiger partial charge in [-0.3, -0.25) is 4.79 Å². The van der Waals surface area contributed by atoms with Crippen molar-refractivity contribution in [2.45, 2.75) is 32.2 Å². The lowest BCUT2D eigenvalue weighted by atomic mass is 10.1. The summed E-state index contributed by atoms with van der Waals surface area (Å²) in [7, 11) is 0. The number of benzene rings is 1. The van der Waals surface area contributed by atoms with Gasteiger partial charge in [0.1, 0.15) is 0 Å². The molecule has 0 aromatic heterocycles. The molecule has 5 nitrogen and oxygen atoms in total. The van der Waals surface area contributed by atoms with E-state index in [1.807, 2.05) is 18.2 Å². The topological polar surface area (TPSA) is 67.8 Å².